The number of ether oxygens (including phenoxy) is 1. The summed E-state index contributed by atoms with van der Waals surface area (Å²) in [6.07, 6.45) is 1.58. The third-order valence-corrected chi connectivity index (χ3v) is 5.33. The van der Waals surface area contributed by atoms with Crippen LogP contribution in [0.3, 0.4) is 0 Å². The number of aliphatic carboxylic acids is 1. The Morgan fingerprint density at radius 2 is 2.18 bits per heavy atom. The molecular weight excluding hydrogens is 362 g/mol. The zero-order valence-corrected chi connectivity index (χ0v) is 16.3. The normalized spacial score (nSPS) is 20.6. The smallest absolute Gasteiger partial charge is 0.311 e. The number of benzene rings is 1. The quantitative estimate of drug-likeness (QED) is 0.799. The van der Waals surface area contributed by atoms with Crippen molar-refractivity contribution in [2.75, 3.05) is 20.2 Å². The van der Waals surface area contributed by atoms with Crippen LogP contribution >= 0.6 is 0 Å². The van der Waals surface area contributed by atoms with Gasteiger partial charge in [-0.1, -0.05) is 12.1 Å². The van der Waals surface area contributed by atoms with E-state index in [4.69, 9.17) is 4.74 Å². The Balaban J connectivity index is 1.89. The van der Waals surface area contributed by atoms with Crippen molar-refractivity contribution in [3.05, 3.63) is 35.7 Å². The van der Waals surface area contributed by atoms with Gasteiger partial charge in [-0.15, -0.1) is 5.10 Å². The van der Waals surface area contributed by atoms with Gasteiger partial charge in [0.1, 0.15) is 17.6 Å². The molecular formula is C19H25N5O4. The number of carbonyl (C=O) groups is 2. The lowest BCUT2D eigenvalue weighted by atomic mass is 9.81. The van der Waals surface area contributed by atoms with E-state index in [-0.39, 0.29) is 12.5 Å². The molecule has 2 heterocycles. The number of aromatic nitrogens is 4. The van der Waals surface area contributed by atoms with Crippen molar-refractivity contribution in [3.63, 3.8) is 0 Å². The molecule has 0 aliphatic carbocycles. The van der Waals surface area contributed by atoms with Crippen LogP contribution in [-0.4, -0.2) is 62.3 Å². The zero-order valence-electron chi connectivity index (χ0n) is 16.3. The monoisotopic (exact) mass is 387 g/mol. The van der Waals surface area contributed by atoms with Crippen LogP contribution in [0.4, 0.5) is 0 Å². The second-order valence-corrected chi connectivity index (χ2v) is 7.47. The standard InChI is InChI=1S/C19H25N5O4/c1-13-20-21-22-24(13)16(11-14-6-4-7-15(10-14)28-3)17(25)23-9-5-8-19(2,12-23)18(26)27/h4,6-7,10,16H,5,8-9,11-12H2,1-3H3,(H,26,27). The fourth-order valence-electron chi connectivity index (χ4n) is 3.64. The SMILES string of the molecule is COc1cccc(CC(C(=O)N2CCCC(C)(C(=O)O)C2)n2nnnc2C)c1. The second-order valence-electron chi connectivity index (χ2n) is 7.47. The molecule has 1 aromatic heterocycles. The van der Waals surface area contributed by atoms with Crippen molar-refractivity contribution in [1.29, 1.82) is 0 Å². The first-order valence-corrected chi connectivity index (χ1v) is 9.23. The minimum absolute atomic E-state index is 0.176. The molecule has 1 aliphatic rings. The maximum Gasteiger partial charge on any atom is 0.311 e. The van der Waals surface area contributed by atoms with Gasteiger partial charge in [0.2, 0.25) is 5.91 Å². The number of amides is 1. The molecule has 2 aromatic rings. The van der Waals surface area contributed by atoms with Crippen molar-refractivity contribution in [2.24, 2.45) is 5.41 Å². The Labute approximate surface area is 163 Å². The number of aryl methyl sites for hydroxylation is 1. The van der Waals surface area contributed by atoms with Crippen LogP contribution in [0.15, 0.2) is 24.3 Å². The van der Waals surface area contributed by atoms with Gasteiger partial charge in [-0.3, -0.25) is 9.59 Å². The summed E-state index contributed by atoms with van der Waals surface area (Å²) in [6.45, 7) is 4.13. The molecule has 1 saturated heterocycles. The molecule has 1 aromatic carbocycles. The van der Waals surface area contributed by atoms with Gasteiger partial charge in [0, 0.05) is 19.5 Å². The fourth-order valence-corrected chi connectivity index (χ4v) is 3.64. The van der Waals surface area contributed by atoms with Gasteiger partial charge in [-0.2, -0.15) is 0 Å². The van der Waals surface area contributed by atoms with Gasteiger partial charge in [0.15, 0.2) is 0 Å². The number of tetrazole rings is 1. The van der Waals surface area contributed by atoms with Crippen molar-refractivity contribution >= 4 is 11.9 Å². The molecule has 1 amide bonds. The third kappa shape index (κ3) is 3.97. The molecule has 9 nitrogen and oxygen atoms in total. The number of rotatable bonds is 6. The van der Waals surface area contributed by atoms with Gasteiger partial charge < -0.3 is 14.7 Å². The average molecular weight is 387 g/mol. The van der Waals surface area contributed by atoms with E-state index in [2.05, 4.69) is 15.5 Å². The van der Waals surface area contributed by atoms with Crippen molar-refractivity contribution in [3.8, 4) is 5.75 Å². The number of carboxylic acids is 1. The molecule has 28 heavy (non-hydrogen) atoms. The molecule has 3 rings (SSSR count). The Morgan fingerprint density at radius 3 is 2.82 bits per heavy atom. The molecule has 2 unspecified atom stereocenters. The molecule has 2 atom stereocenters. The molecule has 9 heteroatoms. The molecule has 0 saturated carbocycles. The number of likely N-dealkylation sites (tertiary alicyclic amines) is 1. The third-order valence-electron chi connectivity index (χ3n) is 5.33. The number of piperidine rings is 1. The Morgan fingerprint density at radius 1 is 1.39 bits per heavy atom. The molecule has 0 radical (unpaired) electrons. The average Bonchev–Trinajstić information content (AvgIpc) is 3.11. The maximum atomic E-state index is 13.4. The van der Waals surface area contributed by atoms with Gasteiger partial charge in [0.25, 0.3) is 0 Å². The number of carboxylic acid groups (broad SMARTS) is 1. The van der Waals surface area contributed by atoms with E-state index < -0.39 is 17.4 Å². The van der Waals surface area contributed by atoms with E-state index in [1.54, 1.807) is 25.9 Å². The summed E-state index contributed by atoms with van der Waals surface area (Å²) in [5.41, 5.74) is -0.0324. The van der Waals surface area contributed by atoms with Crippen molar-refractivity contribution < 1.29 is 19.4 Å². The first-order chi connectivity index (χ1) is 13.3. The van der Waals surface area contributed by atoms with Crippen LogP contribution in [0.25, 0.3) is 0 Å². The topological polar surface area (TPSA) is 110 Å². The van der Waals surface area contributed by atoms with Crippen molar-refractivity contribution in [1.82, 2.24) is 25.1 Å². The predicted molar refractivity (Wildman–Crippen MR) is 99.8 cm³/mol. The first-order valence-electron chi connectivity index (χ1n) is 9.23. The molecule has 1 fully saturated rings. The number of hydrogen-bond donors (Lipinski definition) is 1. The van der Waals surface area contributed by atoms with Crippen LogP contribution in [0.1, 0.15) is 37.2 Å². The van der Waals surface area contributed by atoms with Crippen LogP contribution in [0.5, 0.6) is 5.75 Å². The van der Waals surface area contributed by atoms with E-state index in [9.17, 15) is 14.7 Å². The second kappa shape index (κ2) is 7.95. The van der Waals surface area contributed by atoms with Crippen LogP contribution < -0.4 is 4.74 Å². The lowest BCUT2D eigenvalue weighted by molar-refractivity contribution is -0.154. The molecule has 1 N–H and O–H groups in total. The summed E-state index contributed by atoms with van der Waals surface area (Å²) in [6, 6.07) is 6.84. The maximum absolute atomic E-state index is 13.4. The highest BCUT2D eigenvalue weighted by Gasteiger charge is 2.41. The van der Waals surface area contributed by atoms with E-state index in [0.29, 0.717) is 37.4 Å². The van der Waals surface area contributed by atoms with E-state index in [0.717, 1.165) is 5.56 Å². The van der Waals surface area contributed by atoms with Crippen LogP contribution in [-0.2, 0) is 16.0 Å². The number of methoxy groups -OCH3 is 1. The summed E-state index contributed by atoms with van der Waals surface area (Å²) in [7, 11) is 1.59. The minimum atomic E-state index is -0.940. The summed E-state index contributed by atoms with van der Waals surface area (Å²) in [4.78, 5) is 26.7. The summed E-state index contributed by atoms with van der Waals surface area (Å²) >= 11 is 0. The first kappa shape index (κ1) is 19.8. The van der Waals surface area contributed by atoms with Gasteiger partial charge in [0.05, 0.1) is 12.5 Å². The lowest BCUT2D eigenvalue weighted by Crippen LogP contribution is -2.50. The molecule has 1 aliphatic heterocycles. The highest BCUT2D eigenvalue weighted by molar-refractivity contribution is 5.82. The van der Waals surface area contributed by atoms with E-state index >= 15 is 0 Å². The Kier molecular flexibility index (Phi) is 5.62. The summed E-state index contributed by atoms with van der Waals surface area (Å²) < 4.78 is 6.78. The molecule has 0 bridgehead atoms. The van der Waals surface area contributed by atoms with Crippen LogP contribution in [0.2, 0.25) is 0 Å². The number of hydrogen-bond acceptors (Lipinski definition) is 6. The lowest BCUT2D eigenvalue weighted by Gasteiger charge is -2.39. The van der Waals surface area contributed by atoms with Gasteiger partial charge >= 0.3 is 5.97 Å². The summed E-state index contributed by atoms with van der Waals surface area (Å²) in [5.74, 6) is 0.172. The minimum Gasteiger partial charge on any atom is -0.497 e. The zero-order chi connectivity index (χ0) is 20.3. The largest absolute Gasteiger partial charge is 0.497 e. The van der Waals surface area contributed by atoms with Crippen LogP contribution in [0, 0.1) is 12.3 Å². The highest BCUT2D eigenvalue weighted by atomic mass is 16.5. The summed E-state index contributed by atoms with van der Waals surface area (Å²) in [5, 5.41) is 21.2. The predicted octanol–water partition coefficient (Wildman–Crippen LogP) is 1.49. The van der Waals surface area contributed by atoms with E-state index in [1.807, 2.05) is 24.3 Å². The fraction of sp³-hybridized carbons (Fsp3) is 0.526. The Bertz CT molecular complexity index is 868. The molecule has 0 spiro atoms. The van der Waals surface area contributed by atoms with Crippen molar-refractivity contribution in [2.45, 2.75) is 39.2 Å². The van der Waals surface area contributed by atoms with Gasteiger partial charge in [-0.05, 0) is 54.8 Å². The number of carbonyl (C=O) groups excluding carboxylic acids is 1. The Hall–Kier alpha value is -2.97. The van der Waals surface area contributed by atoms with E-state index in [1.165, 1.54) is 4.68 Å². The highest BCUT2D eigenvalue weighted by Crippen LogP contribution is 2.31. The number of nitrogens with zero attached hydrogens (tertiary/aromatic N) is 5. The van der Waals surface area contributed by atoms with Gasteiger partial charge in [-0.25, -0.2) is 4.68 Å². The molecule has 150 valence electrons.